The monoisotopic (exact) mass is 298 g/mol. The van der Waals surface area contributed by atoms with Gasteiger partial charge in [0, 0.05) is 6.42 Å². The van der Waals surface area contributed by atoms with E-state index in [1.165, 1.54) is 0 Å². The summed E-state index contributed by atoms with van der Waals surface area (Å²) in [6.07, 6.45) is 6.73. The van der Waals surface area contributed by atoms with Crippen molar-refractivity contribution in [1.82, 2.24) is 10.2 Å². The second-order valence-electron chi connectivity index (χ2n) is 5.23. The van der Waals surface area contributed by atoms with Crippen LogP contribution in [0.4, 0.5) is 5.69 Å². The van der Waals surface area contributed by atoms with Gasteiger partial charge in [0.1, 0.15) is 0 Å². The highest BCUT2D eigenvalue weighted by Gasteiger charge is 2.17. The van der Waals surface area contributed by atoms with E-state index in [0.717, 1.165) is 12.8 Å². The lowest BCUT2D eigenvalue weighted by Gasteiger charge is -2.09. The predicted octanol–water partition coefficient (Wildman–Crippen LogP) is 2.81. The third-order valence-electron chi connectivity index (χ3n) is 3.54. The summed E-state index contributed by atoms with van der Waals surface area (Å²) in [6, 6.07) is 7.09. The SMILES string of the molecule is N[C@H]1CC/C=C/CCC(=O)Nc2ccccc2-c2nnc1o2. The van der Waals surface area contributed by atoms with Crippen molar-refractivity contribution in [3.05, 3.63) is 42.3 Å². The molecule has 0 radical (unpaired) electrons. The van der Waals surface area contributed by atoms with Crippen LogP contribution in [-0.4, -0.2) is 16.1 Å². The van der Waals surface area contributed by atoms with Crippen molar-refractivity contribution in [2.45, 2.75) is 31.7 Å². The van der Waals surface area contributed by atoms with Gasteiger partial charge in [-0.25, -0.2) is 0 Å². The molecule has 114 valence electrons. The van der Waals surface area contributed by atoms with Gasteiger partial charge in [0.25, 0.3) is 0 Å². The highest BCUT2D eigenvalue weighted by Crippen LogP contribution is 2.28. The Balaban J connectivity index is 1.98. The molecule has 1 aromatic heterocycles. The molecule has 6 nitrogen and oxygen atoms in total. The highest BCUT2D eigenvalue weighted by atomic mass is 16.4. The summed E-state index contributed by atoms with van der Waals surface area (Å²) in [5, 5.41) is 11.0. The number of fused-ring (bicyclic) bond motifs is 4. The zero-order valence-corrected chi connectivity index (χ0v) is 12.2. The van der Waals surface area contributed by atoms with E-state index in [2.05, 4.69) is 15.5 Å². The van der Waals surface area contributed by atoms with E-state index in [9.17, 15) is 4.79 Å². The summed E-state index contributed by atoms with van der Waals surface area (Å²) in [7, 11) is 0. The molecule has 1 aliphatic heterocycles. The first-order valence-corrected chi connectivity index (χ1v) is 7.37. The number of amides is 1. The smallest absolute Gasteiger partial charge is 0.249 e. The molecule has 1 amide bonds. The molecule has 2 heterocycles. The minimum Gasteiger partial charge on any atom is -0.419 e. The summed E-state index contributed by atoms with van der Waals surface area (Å²) in [5.41, 5.74) is 7.44. The van der Waals surface area contributed by atoms with Crippen LogP contribution in [0.2, 0.25) is 0 Å². The maximum atomic E-state index is 12.0. The van der Waals surface area contributed by atoms with Gasteiger partial charge in [0.05, 0.1) is 17.3 Å². The number of carbonyl (C=O) groups is 1. The molecule has 0 unspecified atom stereocenters. The molecule has 0 fully saturated rings. The van der Waals surface area contributed by atoms with Crippen LogP contribution in [0.15, 0.2) is 40.8 Å². The Morgan fingerprint density at radius 3 is 2.91 bits per heavy atom. The molecule has 2 aromatic rings. The average molecular weight is 298 g/mol. The van der Waals surface area contributed by atoms with Crippen molar-refractivity contribution in [2.75, 3.05) is 5.32 Å². The molecule has 1 aliphatic rings. The summed E-state index contributed by atoms with van der Waals surface area (Å²) in [4.78, 5) is 12.0. The van der Waals surface area contributed by atoms with E-state index >= 15 is 0 Å². The topological polar surface area (TPSA) is 94.0 Å². The van der Waals surface area contributed by atoms with Gasteiger partial charge in [-0.3, -0.25) is 4.79 Å². The summed E-state index contributed by atoms with van der Waals surface area (Å²) in [6.45, 7) is 0. The number of anilines is 1. The maximum Gasteiger partial charge on any atom is 0.249 e. The van der Waals surface area contributed by atoms with Crippen molar-refractivity contribution < 1.29 is 9.21 Å². The Bertz CT molecular complexity index is 693. The Labute approximate surface area is 128 Å². The van der Waals surface area contributed by atoms with Gasteiger partial charge >= 0.3 is 0 Å². The van der Waals surface area contributed by atoms with E-state index < -0.39 is 0 Å². The van der Waals surface area contributed by atoms with E-state index in [0.29, 0.717) is 35.9 Å². The van der Waals surface area contributed by atoms with Crippen LogP contribution >= 0.6 is 0 Å². The molecule has 0 aliphatic carbocycles. The molecular formula is C16H18N4O2. The van der Waals surface area contributed by atoms with Gasteiger partial charge < -0.3 is 15.5 Å². The predicted molar refractivity (Wildman–Crippen MR) is 82.9 cm³/mol. The normalized spacial score (nSPS) is 20.6. The fraction of sp³-hybridized carbons (Fsp3) is 0.312. The van der Waals surface area contributed by atoms with Crippen LogP contribution in [0.5, 0.6) is 0 Å². The number of allylic oxidation sites excluding steroid dienone is 2. The zero-order chi connectivity index (χ0) is 15.4. The number of hydrogen-bond acceptors (Lipinski definition) is 5. The lowest BCUT2D eigenvalue weighted by molar-refractivity contribution is -0.116. The average Bonchev–Trinajstić information content (AvgIpc) is 3.00. The van der Waals surface area contributed by atoms with Crippen LogP contribution in [0.25, 0.3) is 11.5 Å². The highest BCUT2D eigenvalue weighted by molar-refractivity contribution is 5.94. The van der Waals surface area contributed by atoms with Gasteiger partial charge in [0.2, 0.25) is 17.7 Å². The summed E-state index contributed by atoms with van der Waals surface area (Å²) in [5.74, 6) is 0.751. The Morgan fingerprint density at radius 1 is 1.18 bits per heavy atom. The first kappa shape index (κ1) is 14.5. The molecule has 0 spiro atoms. The van der Waals surface area contributed by atoms with Crippen LogP contribution in [0.3, 0.4) is 0 Å². The number of carbonyl (C=O) groups excluding carboxylic acids is 1. The number of aromatic nitrogens is 2. The Kier molecular flexibility index (Phi) is 4.29. The molecular weight excluding hydrogens is 280 g/mol. The second kappa shape index (κ2) is 6.53. The number of nitrogens with two attached hydrogens (primary N) is 1. The van der Waals surface area contributed by atoms with E-state index in [4.69, 9.17) is 10.2 Å². The molecule has 22 heavy (non-hydrogen) atoms. The minimum absolute atomic E-state index is 0.0365. The fourth-order valence-corrected chi connectivity index (χ4v) is 2.33. The van der Waals surface area contributed by atoms with Crippen LogP contribution < -0.4 is 11.1 Å². The van der Waals surface area contributed by atoms with E-state index in [-0.39, 0.29) is 11.9 Å². The van der Waals surface area contributed by atoms with Gasteiger partial charge in [-0.15, -0.1) is 10.2 Å². The quantitative estimate of drug-likeness (QED) is 0.729. The first-order chi connectivity index (χ1) is 10.7. The number of para-hydroxylation sites is 1. The third kappa shape index (κ3) is 3.23. The van der Waals surface area contributed by atoms with Crippen molar-refractivity contribution in [2.24, 2.45) is 5.73 Å². The molecule has 3 N–H and O–H groups in total. The lowest BCUT2D eigenvalue weighted by atomic mass is 10.1. The molecule has 0 saturated heterocycles. The molecule has 3 rings (SSSR count). The number of rotatable bonds is 0. The molecule has 1 atom stereocenters. The Morgan fingerprint density at radius 2 is 2.00 bits per heavy atom. The van der Waals surface area contributed by atoms with Gasteiger partial charge in [-0.05, 0) is 31.4 Å². The lowest BCUT2D eigenvalue weighted by Crippen LogP contribution is -2.11. The van der Waals surface area contributed by atoms with Crippen molar-refractivity contribution in [3.63, 3.8) is 0 Å². The van der Waals surface area contributed by atoms with Crippen LogP contribution in [-0.2, 0) is 4.79 Å². The number of nitrogens with zero attached hydrogens (tertiary/aromatic N) is 2. The largest absolute Gasteiger partial charge is 0.419 e. The third-order valence-corrected chi connectivity index (χ3v) is 3.54. The van der Waals surface area contributed by atoms with Gasteiger partial charge in [-0.1, -0.05) is 24.3 Å². The number of benzene rings is 1. The van der Waals surface area contributed by atoms with Crippen LogP contribution in [0, 0.1) is 0 Å². The van der Waals surface area contributed by atoms with Crippen molar-refractivity contribution in [3.8, 4) is 11.5 Å². The summed E-state index contributed by atoms with van der Waals surface area (Å²) >= 11 is 0. The first-order valence-electron chi connectivity index (χ1n) is 7.37. The number of nitrogens with one attached hydrogen (secondary N) is 1. The van der Waals surface area contributed by atoms with Crippen LogP contribution in [0.1, 0.15) is 37.6 Å². The Hall–Kier alpha value is -2.47. The minimum atomic E-state index is -0.282. The number of hydrogen-bond donors (Lipinski definition) is 2. The molecule has 2 bridgehead atoms. The van der Waals surface area contributed by atoms with Crippen molar-refractivity contribution >= 4 is 11.6 Å². The summed E-state index contributed by atoms with van der Waals surface area (Å²) < 4.78 is 5.68. The van der Waals surface area contributed by atoms with Gasteiger partial charge in [0.15, 0.2) is 0 Å². The molecule has 1 aromatic carbocycles. The molecule has 0 saturated carbocycles. The van der Waals surface area contributed by atoms with Gasteiger partial charge in [-0.2, -0.15) is 0 Å². The standard InChI is InChI=1S/C16H18N4O2/c17-12-8-3-1-2-4-10-14(21)18-13-9-6-5-7-11(13)15-19-20-16(12)22-15/h1-2,5-7,9,12H,3-4,8,10,17H2,(H,18,21)/b2-1+/t12-/m0/s1. The molecule has 6 heteroatoms. The van der Waals surface area contributed by atoms with E-state index in [1.54, 1.807) is 0 Å². The zero-order valence-electron chi connectivity index (χ0n) is 12.2. The maximum absolute atomic E-state index is 12.0. The fourth-order valence-electron chi connectivity index (χ4n) is 2.33. The van der Waals surface area contributed by atoms with Crippen molar-refractivity contribution in [1.29, 1.82) is 0 Å². The van der Waals surface area contributed by atoms with E-state index in [1.807, 2.05) is 36.4 Å². The second-order valence-corrected chi connectivity index (χ2v) is 5.23.